The van der Waals surface area contributed by atoms with Crippen molar-refractivity contribution < 1.29 is 9.13 Å². The standard InChI is InChI=1S/C18H30FN3O.HI/c1-5-20-17(21-12-9-13-23-6-2)22-14-18(3,4)15-10-7-8-11-16(15)19;/h7-8,10-11H,5-6,9,12-14H2,1-4H3,(H2,20,21,22);1H. The van der Waals surface area contributed by atoms with Crippen molar-refractivity contribution in [1.82, 2.24) is 10.6 Å². The predicted octanol–water partition coefficient (Wildman–Crippen LogP) is 3.70. The zero-order valence-corrected chi connectivity index (χ0v) is 17.5. The molecule has 0 bridgehead atoms. The lowest BCUT2D eigenvalue weighted by molar-refractivity contribution is 0.145. The minimum absolute atomic E-state index is 0. The van der Waals surface area contributed by atoms with Crippen molar-refractivity contribution in [3.05, 3.63) is 35.6 Å². The number of aliphatic imine (C=N–C) groups is 1. The van der Waals surface area contributed by atoms with E-state index in [1.807, 2.05) is 39.8 Å². The van der Waals surface area contributed by atoms with Gasteiger partial charge in [-0.3, -0.25) is 4.99 Å². The van der Waals surface area contributed by atoms with Gasteiger partial charge in [0.15, 0.2) is 5.96 Å². The second-order valence-electron chi connectivity index (χ2n) is 6.04. The Bertz CT molecular complexity index is 495. The lowest BCUT2D eigenvalue weighted by Gasteiger charge is -2.24. The summed E-state index contributed by atoms with van der Waals surface area (Å²) < 4.78 is 19.3. The first kappa shape index (κ1) is 23.1. The topological polar surface area (TPSA) is 45.7 Å². The molecule has 0 saturated heterocycles. The Morgan fingerprint density at radius 3 is 2.54 bits per heavy atom. The first-order valence-electron chi connectivity index (χ1n) is 8.36. The van der Waals surface area contributed by atoms with Crippen molar-refractivity contribution in [2.24, 2.45) is 4.99 Å². The van der Waals surface area contributed by atoms with Crippen LogP contribution in [0.4, 0.5) is 4.39 Å². The summed E-state index contributed by atoms with van der Waals surface area (Å²) in [4.78, 5) is 4.61. The lowest BCUT2D eigenvalue weighted by atomic mass is 9.84. The van der Waals surface area contributed by atoms with Crippen LogP contribution in [0.1, 0.15) is 39.7 Å². The Balaban J connectivity index is 0.00000529. The fourth-order valence-corrected chi connectivity index (χ4v) is 2.24. The van der Waals surface area contributed by atoms with Gasteiger partial charge in [-0.2, -0.15) is 0 Å². The molecule has 0 atom stereocenters. The van der Waals surface area contributed by atoms with Crippen LogP contribution in [0.15, 0.2) is 29.3 Å². The third kappa shape index (κ3) is 8.28. The molecule has 0 heterocycles. The maximum atomic E-state index is 14.0. The largest absolute Gasteiger partial charge is 0.382 e. The molecule has 4 nitrogen and oxygen atoms in total. The van der Waals surface area contributed by atoms with Crippen LogP contribution in [0.25, 0.3) is 0 Å². The molecule has 0 fully saturated rings. The van der Waals surface area contributed by atoms with Crippen LogP contribution in [0.2, 0.25) is 0 Å². The SMILES string of the molecule is CCNC(=NCC(C)(C)c1ccccc1F)NCCCOCC.I. The molecule has 1 rings (SSSR count). The Kier molecular flexibility index (Phi) is 12.0. The Morgan fingerprint density at radius 2 is 1.92 bits per heavy atom. The Labute approximate surface area is 162 Å². The summed E-state index contributed by atoms with van der Waals surface area (Å²) in [6, 6.07) is 6.90. The van der Waals surface area contributed by atoms with Crippen LogP contribution < -0.4 is 10.6 Å². The minimum Gasteiger partial charge on any atom is -0.382 e. The summed E-state index contributed by atoms with van der Waals surface area (Å²) in [5.41, 5.74) is 0.329. The third-order valence-electron chi connectivity index (χ3n) is 3.54. The fourth-order valence-electron chi connectivity index (χ4n) is 2.24. The van der Waals surface area contributed by atoms with E-state index >= 15 is 0 Å². The number of halogens is 2. The molecule has 2 N–H and O–H groups in total. The van der Waals surface area contributed by atoms with E-state index < -0.39 is 0 Å². The normalized spacial score (nSPS) is 11.8. The third-order valence-corrected chi connectivity index (χ3v) is 3.54. The maximum Gasteiger partial charge on any atom is 0.191 e. The summed E-state index contributed by atoms with van der Waals surface area (Å²) in [5.74, 6) is 0.579. The van der Waals surface area contributed by atoms with E-state index in [0.717, 1.165) is 38.7 Å². The number of nitrogens with one attached hydrogen (secondary N) is 2. The highest BCUT2D eigenvalue weighted by Crippen LogP contribution is 2.25. The predicted molar refractivity (Wildman–Crippen MR) is 110 cm³/mol. The van der Waals surface area contributed by atoms with E-state index in [4.69, 9.17) is 4.74 Å². The number of ether oxygens (including phenoxy) is 1. The van der Waals surface area contributed by atoms with Crippen molar-refractivity contribution in [2.45, 2.75) is 39.5 Å². The average molecular weight is 451 g/mol. The van der Waals surface area contributed by atoms with Gasteiger partial charge in [0.2, 0.25) is 0 Å². The maximum absolute atomic E-state index is 14.0. The molecule has 0 aromatic heterocycles. The molecule has 0 radical (unpaired) electrons. The molecule has 138 valence electrons. The van der Waals surface area contributed by atoms with Gasteiger partial charge in [-0.15, -0.1) is 24.0 Å². The number of hydrogen-bond donors (Lipinski definition) is 2. The highest BCUT2D eigenvalue weighted by molar-refractivity contribution is 14.0. The van der Waals surface area contributed by atoms with Gasteiger partial charge >= 0.3 is 0 Å². The van der Waals surface area contributed by atoms with Gasteiger partial charge < -0.3 is 15.4 Å². The summed E-state index contributed by atoms with van der Waals surface area (Å²) >= 11 is 0. The van der Waals surface area contributed by atoms with Crippen LogP contribution in [-0.2, 0) is 10.2 Å². The molecule has 24 heavy (non-hydrogen) atoms. The van der Waals surface area contributed by atoms with Crippen LogP contribution in [0.5, 0.6) is 0 Å². The van der Waals surface area contributed by atoms with Crippen LogP contribution in [0.3, 0.4) is 0 Å². The van der Waals surface area contributed by atoms with Crippen molar-refractivity contribution in [1.29, 1.82) is 0 Å². The number of guanidine groups is 1. The number of nitrogens with zero attached hydrogens (tertiary/aromatic N) is 1. The monoisotopic (exact) mass is 451 g/mol. The van der Waals surface area contributed by atoms with Gasteiger partial charge in [0.25, 0.3) is 0 Å². The molecule has 0 aliphatic carbocycles. The van der Waals surface area contributed by atoms with Crippen LogP contribution >= 0.6 is 24.0 Å². The second kappa shape index (κ2) is 12.5. The first-order chi connectivity index (χ1) is 11.0. The zero-order chi connectivity index (χ0) is 17.1. The van der Waals surface area contributed by atoms with E-state index in [0.29, 0.717) is 12.1 Å². The fraction of sp³-hybridized carbons (Fsp3) is 0.611. The number of benzene rings is 1. The molecular formula is C18H31FIN3O. The average Bonchev–Trinajstić information content (AvgIpc) is 2.52. The van der Waals surface area contributed by atoms with Gasteiger partial charge in [-0.25, -0.2) is 4.39 Å². The molecule has 0 unspecified atom stereocenters. The Morgan fingerprint density at radius 1 is 1.21 bits per heavy atom. The van der Waals surface area contributed by atoms with Crippen LogP contribution in [-0.4, -0.2) is 38.8 Å². The molecule has 0 aliphatic heterocycles. The minimum atomic E-state index is -0.362. The van der Waals surface area contributed by atoms with Crippen molar-refractivity contribution in [3.63, 3.8) is 0 Å². The van der Waals surface area contributed by atoms with E-state index in [1.54, 1.807) is 6.07 Å². The number of hydrogen-bond acceptors (Lipinski definition) is 2. The lowest BCUT2D eigenvalue weighted by Crippen LogP contribution is -2.39. The van der Waals surface area contributed by atoms with Gasteiger partial charge in [-0.05, 0) is 31.9 Å². The van der Waals surface area contributed by atoms with E-state index in [1.165, 1.54) is 6.07 Å². The van der Waals surface area contributed by atoms with Gasteiger partial charge in [0, 0.05) is 31.7 Å². The molecule has 1 aromatic carbocycles. The van der Waals surface area contributed by atoms with Crippen molar-refractivity contribution in [3.8, 4) is 0 Å². The summed E-state index contributed by atoms with van der Waals surface area (Å²) in [6.07, 6.45) is 0.926. The molecule has 0 saturated carbocycles. The quantitative estimate of drug-likeness (QED) is 0.261. The van der Waals surface area contributed by atoms with E-state index in [9.17, 15) is 4.39 Å². The zero-order valence-electron chi connectivity index (χ0n) is 15.2. The molecule has 0 spiro atoms. The van der Waals surface area contributed by atoms with Gasteiger partial charge in [0.05, 0.1) is 6.54 Å². The highest BCUT2D eigenvalue weighted by atomic mass is 127. The Hall–Kier alpha value is -0.890. The summed E-state index contributed by atoms with van der Waals surface area (Å²) in [5, 5.41) is 6.50. The summed E-state index contributed by atoms with van der Waals surface area (Å²) in [6.45, 7) is 11.6. The molecule has 1 aromatic rings. The van der Waals surface area contributed by atoms with Crippen molar-refractivity contribution >= 4 is 29.9 Å². The van der Waals surface area contributed by atoms with Crippen LogP contribution in [0, 0.1) is 5.82 Å². The van der Waals surface area contributed by atoms with Gasteiger partial charge in [0.1, 0.15) is 5.82 Å². The van der Waals surface area contributed by atoms with E-state index in [-0.39, 0.29) is 35.2 Å². The molecule has 0 amide bonds. The molecular weight excluding hydrogens is 420 g/mol. The second-order valence-corrected chi connectivity index (χ2v) is 6.04. The van der Waals surface area contributed by atoms with E-state index in [2.05, 4.69) is 15.6 Å². The summed E-state index contributed by atoms with van der Waals surface area (Å²) in [7, 11) is 0. The van der Waals surface area contributed by atoms with Gasteiger partial charge in [-0.1, -0.05) is 32.0 Å². The molecule has 6 heteroatoms. The highest BCUT2D eigenvalue weighted by Gasteiger charge is 2.23. The van der Waals surface area contributed by atoms with Crippen molar-refractivity contribution in [2.75, 3.05) is 32.8 Å². The number of rotatable bonds is 9. The first-order valence-corrected chi connectivity index (χ1v) is 8.36. The smallest absolute Gasteiger partial charge is 0.191 e. The molecule has 0 aliphatic rings.